The number of amidine groups is 1. The first-order chi connectivity index (χ1) is 8.95. The second kappa shape index (κ2) is 7.13. The summed E-state index contributed by atoms with van der Waals surface area (Å²) in [6, 6.07) is 7.65. The second-order valence-corrected chi connectivity index (χ2v) is 5.51. The molecule has 0 aliphatic rings. The first kappa shape index (κ1) is 15.5. The van der Waals surface area contributed by atoms with Crippen LogP contribution >= 0.6 is 15.9 Å². The summed E-state index contributed by atoms with van der Waals surface area (Å²) in [5.74, 6) is -0.984. The molecule has 0 heterocycles. The number of nitrogens with one attached hydrogen (secondary N) is 1. The average molecular weight is 328 g/mol. The Morgan fingerprint density at radius 1 is 1.53 bits per heavy atom. The molecule has 0 aliphatic heterocycles. The fraction of sp³-hybridized carbons (Fsp3) is 0.385. The van der Waals surface area contributed by atoms with Gasteiger partial charge >= 0.3 is 0 Å². The number of halogens is 1. The minimum atomic E-state index is -0.628. The van der Waals surface area contributed by atoms with Gasteiger partial charge in [0, 0.05) is 11.0 Å². The molecule has 1 rings (SSSR count). The zero-order valence-corrected chi connectivity index (χ0v) is 12.5. The molecule has 0 radical (unpaired) electrons. The molecule has 0 aromatic heterocycles. The fourth-order valence-electron chi connectivity index (χ4n) is 1.79. The van der Waals surface area contributed by atoms with Crippen molar-refractivity contribution in [3.63, 3.8) is 0 Å². The van der Waals surface area contributed by atoms with E-state index >= 15 is 0 Å². The minimum absolute atomic E-state index is 0.0431. The molecule has 1 amide bonds. The molecule has 104 valence electrons. The van der Waals surface area contributed by atoms with E-state index in [1.54, 1.807) is 0 Å². The quantitative estimate of drug-likeness (QED) is 0.335. The van der Waals surface area contributed by atoms with Gasteiger partial charge in [-0.1, -0.05) is 47.1 Å². The third-order valence-electron chi connectivity index (χ3n) is 2.74. The predicted molar refractivity (Wildman–Crippen MR) is 77.7 cm³/mol. The molecular weight excluding hydrogens is 310 g/mol. The van der Waals surface area contributed by atoms with Crippen molar-refractivity contribution in [2.45, 2.75) is 20.4 Å². The average Bonchev–Trinajstić information content (AvgIpc) is 2.36. The predicted octanol–water partition coefficient (Wildman–Crippen LogP) is 2.08. The van der Waals surface area contributed by atoms with E-state index < -0.39 is 5.92 Å². The highest BCUT2D eigenvalue weighted by molar-refractivity contribution is 9.10. The zero-order chi connectivity index (χ0) is 14.4. The number of oxime groups is 1. The second-order valence-electron chi connectivity index (χ2n) is 4.59. The fourth-order valence-corrected chi connectivity index (χ4v) is 2.23. The Bertz CT molecular complexity index is 475. The summed E-state index contributed by atoms with van der Waals surface area (Å²) in [7, 11) is 0. The van der Waals surface area contributed by atoms with Crippen LogP contribution in [0.15, 0.2) is 33.9 Å². The van der Waals surface area contributed by atoms with Crippen LogP contribution in [0.5, 0.6) is 0 Å². The van der Waals surface area contributed by atoms with E-state index in [9.17, 15) is 4.79 Å². The molecule has 1 aromatic carbocycles. The number of rotatable bonds is 5. The summed E-state index contributed by atoms with van der Waals surface area (Å²) >= 11 is 3.37. The molecule has 0 saturated carbocycles. The monoisotopic (exact) mass is 327 g/mol. The lowest BCUT2D eigenvalue weighted by molar-refractivity contribution is -0.124. The summed E-state index contributed by atoms with van der Waals surface area (Å²) in [4.78, 5) is 12.0. The molecule has 1 unspecified atom stereocenters. The highest BCUT2D eigenvalue weighted by Gasteiger charge is 2.26. The normalized spacial score (nSPS) is 13.4. The van der Waals surface area contributed by atoms with Gasteiger partial charge in [0.2, 0.25) is 5.91 Å². The van der Waals surface area contributed by atoms with Crippen LogP contribution in [0.3, 0.4) is 0 Å². The van der Waals surface area contributed by atoms with Crippen molar-refractivity contribution in [3.8, 4) is 0 Å². The largest absolute Gasteiger partial charge is 0.409 e. The maximum absolute atomic E-state index is 12.0. The molecule has 1 atom stereocenters. The van der Waals surface area contributed by atoms with Gasteiger partial charge in [0.1, 0.15) is 5.92 Å². The maximum Gasteiger partial charge on any atom is 0.231 e. The Morgan fingerprint density at radius 3 is 2.74 bits per heavy atom. The van der Waals surface area contributed by atoms with Crippen LogP contribution in [0.4, 0.5) is 0 Å². The van der Waals surface area contributed by atoms with E-state index in [1.165, 1.54) is 0 Å². The Hall–Kier alpha value is -1.56. The Morgan fingerprint density at radius 2 is 2.21 bits per heavy atom. The molecule has 6 heteroatoms. The summed E-state index contributed by atoms with van der Waals surface area (Å²) in [5, 5.41) is 14.4. The highest BCUT2D eigenvalue weighted by Crippen LogP contribution is 2.13. The van der Waals surface area contributed by atoms with Crippen LogP contribution in [0.2, 0.25) is 0 Å². The summed E-state index contributed by atoms with van der Waals surface area (Å²) in [6.07, 6.45) is 0. The number of carbonyl (C=O) groups excluding carboxylic acids is 1. The van der Waals surface area contributed by atoms with Crippen molar-refractivity contribution in [2.24, 2.45) is 22.7 Å². The number of hydrogen-bond acceptors (Lipinski definition) is 3. The lowest BCUT2D eigenvalue weighted by Crippen LogP contribution is -2.41. The number of benzene rings is 1. The van der Waals surface area contributed by atoms with Crippen molar-refractivity contribution in [2.75, 3.05) is 0 Å². The van der Waals surface area contributed by atoms with Gasteiger partial charge in [-0.2, -0.15) is 0 Å². The molecule has 0 spiro atoms. The van der Waals surface area contributed by atoms with Crippen molar-refractivity contribution in [1.82, 2.24) is 5.32 Å². The molecule has 1 aromatic rings. The number of carbonyl (C=O) groups is 1. The van der Waals surface area contributed by atoms with Crippen molar-refractivity contribution in [1.29, 1.82) is 0 Å². The smallest absolute Gasteiger partial charge is 0.231 e. The van der Waals surface area contributed by atoms with E-state index in [2.05, 4.69) is 26.4 Å². The topological polar surface area (TPSA) is 87.7 Å². The van der Waals surface area contributed by atoms with Gasteiger partial charge in [-0.3, -0.25) is 4.79 Å². The van der Waals surface area contributed by atoms with Gasteiger partial charge in [0.25, 0.3) is 0 Å². The third kappa shape index (κ3) is 4.55. The lowest BCUT2D eigenvalue weighted by atomic mass is 9.94. The molecule has 0 fully saturated rings. The van der Waals surface area contributed by atoms with Crippen LogP contribution < -0.4 is 11.1 Å². The first-order valence-electron chi connectivity index (χ1n) is 5.95. The summed E-state index contributed by atoms with van der Waals surface area (Å²) < 4.78 is 0.955. The molecule has 4 N–H and O–H groups in total. The summed E-state index contributed by atoms with van der Waals surface area (Å²) in [6.45, 7) is 4.10. The van der Waals surface area contributed by atoms with E-state index in [0.717, 1.165) is 10.0 Å². The van der Waals surface area contributed by atoms with Gasteiger partial charge in [-0.05, 0) is 23.6 Å². The number of nitrogens with zero attached hydrogens (tertiary/aromatic N) is 1. The molecule has 19 heavy (non-hydrogen) atoms. The number of amides is 1. The van der Waals surface area contributed by atoms with Crippen LogP contribution in [-0.4, -0.2) is 17.0 Å². The van der Waals surface area contributed by atoms with Crippen molar-refractivity contribution < 1.29 is 10.0 Å². The lowest BCUT2D eigenvalue weighted by Gasteiger charge is -2.18. The zero-order valence-electron chi connectivity index (χ0n) is 10.9. The van der Waals surface area contributed by atoms with Crippen LogP contribution in [0.25, 0.3) is 0 Å². The number of hydrogen-bond donors (Lipinski definition) is 3. The van der Waals surface area contributed by atoms with Gasteiger partial charge in [0.15, 0.2) is 5.84 Å². The first-order valence-corrected chi connectivity index (χ1v) is 6.74. The van der Waals surface area contributed by atoms with E-state index in [0.29, 0.717) is 6.54 Å². The number of nitrogens with two attached hydrogens (primary N) is 1. The van der Waals surface area contributed by atoms with E-state index in [-0.39, 0.29) is 17.7 Å². The molecular formula is C13H18BrN3O2. The Kier molecular flexibility index (Phi) is 5.82. The molecule has 0 saturated heterocycles. The molecule has 0 aliphatic carbocycles. The molecule has 0 bridgehead atoms. The van der Waals surface area contributed by atoms with Gasteiger partial charge in [0.05, 0.1) is 0 Å². The van der Waals surface area contributed by atoms with Gasteiger partial charge in [-0.25, -0.2) is 0 Å². The Balaban J connectivity index is 2.68. The molecule has 5 nitrogen and oxygen atoms in total. The van der Waals surface area contributed by atoms with E-state index in [1.807, 2.05) is 38.1 Å². The van der Waals surface area contributed by atoms with Crippen LogP contribution in [0.1, 0.15) is 19.4 Å². The Labute approximate surface area is 121 Å². The maximum atomic E-state index is 12.0. The van der Waals surface area contributed by atoms with Crippen molar-refractivity contribution in [3.05, 3.63) is 34.3 Å². The van der Waals surface area contributed by atoms with Gasteiger partial charge < -0.3 is 16.3 Å². The van der Waals surface area contributed by atoms with Gasteiger partial charge in [-0.15, -0.1) is 0 Å². The van der Waals surface area contributed by atoms with Crippen molar-refractivity contribution >= 4 is 27.7 Å². The van der Waals surface area contributed by atoms with E-state index in [4.69, 9.17) is 10.9 Å². The highest BCUT2D eigenvalue weighted by atomic mass is 79.9. The summed E-state index contributed by atoms with van der Waals surface area (Å²) in [5.41, 5.74) is 6.52. The van der Waals surface area contributed by atoms with Crippen LogP contribution in [0, 0.1) is 11.8 Å². The minimum Gasteiger partial charge on any atom is -0.409 e. The standard InChI is InChI=1S/C13H18BrN3O2/c1-8(2)11(12(15)17-19)13(18)16-7-9-4-3-5-10(14)6-9/h3-6,8,11,19H,7H2,1-2H3,(H2,15,17)(H,16,18). The van der Waals surface area contributed by atoms with Crippen LogP contribution in [-0.2, 0) is 11.3 Å². The SMILES string of the molecule is CC(C)C(C(=O)NCc1cccc(Br)c1)C(N)=NO. The third-order valence-corrected chi connectivity index (χ3v) is 3.23.